The second-order valence-electron chi connectivity index (χ2n) is 6.84. The van der Waals surface area contributed by atoms with Crippen LogP contribution < -0.4 is 0 Å². The summed E-state index contributed by atoms with van der Waals surface area (Å²) in [7, 11) is 0. The van der Waals surface area contributed by atoms with Crippen molar-refractivity contribution in [3.05, 3.63) is 6.92 Å². The fourth-order valence-corrected chi connectivity index (χ4v) is 2.86. The predicted molar refractivity (Wildman–Crippen MR) is 94.1 cm³/mol. The van der Waals surface area contributed by atoms with E-state index in [0.717, 1.165) is 0 Å². The highest BCUT2D eigenvalue weighted by molar-refractivity contribution is 4.54. The molecule has 0 fully saturated rings. The van der Waals surface area contributed by atoms with Crippen molar-refractivity contribution >= 4 is 0 Å². The summed E-state index contributed by atoms with van der Waals surface area (Å²) in [6.45, 7) is 8.56. The third kappa shape index (κ3) is 18.0. The number of unbranched alkanes of at least 4 members (excludes halogenated alkanes) is 14. The average Bonchev–Trinajstić information content (AvgIpc) is 2.43. The van der Waals surface area contributed by atoms with Crippen molar-refractivity contribution in [3.63, 3.8) is 0 Å². The maximum absolute atomic E-state index is 4.04. The fraction of sp³-hybridized carbons (Fsp3) is 0.950. The second kappa shape index (κ2) is 17.1. The van der Waals surface area contributed by atoms with Crippen LogP contribution in [0.25, 0.3) is 0 Å². The van der Waals surface area contributed by atoms with Gasteiger partial charge in [0.1, 0.15) is 0 Å². The Morgan fingerprint density at radius 1 is 0.550 bits per heavy atom. The molecule has 0 saturated carbocycles. The van der Waals surface area contributed by atoms with E-state index in [9.17, 15) is 0 Å². The standard InChI is InChI=1S/C20H41/c1-4-5-6-7-8-9-10-11-12-13-14-15-16-17-18-19-20(2)3/h20H,2,4-19H2,1,3H3. The quantitative estimate of drug-likeness (QED) is 0.254. The van der Waals surface area contributed by atoms with Gasteiger partial charge in [0, 0.05) is 0 Å². The second-order valence-corrected chi connectivity index (χ2v) is 6.84. The van der Waals surface area contributed by atoms with E-state index in [0.29, 0.717) is 5.92 Å². The molecule has 1 radical (unpaired) electrons. The summed E-state index contributed by atoms with van der Waals surface area (Å²) >= 11 is 0. The molecule has 0 amide bonds. The van der Waals surface area contributed by atoms with Crippen LogP contribution in [0.5, 0.6) is 0 Å². The fourth-order valence-electron chi connectivity index (χ4n) is 2.86. The first-order chi connectivity index (χ1) is 9.77. The SMILES string of the molecule is [CH2]C(C)CCCCCCCCCCCCCCCCC. The van der Waals surface area contributed by atoms with E-state index in [2.05, 4.69) is 20.8 Å². The summed E-state index contributed by atoms with van der Waals surface area (Å²) in [6.07, 6.45) is 23.1. The van der Waals surface area contributed by atoms with Gasteiger partial charge in [0.05, 0.1) is 0 Å². The van der Waals surface area contributed by atoms with Crippen molar-refractivity contribution in [1.82, 2.24) is 0 Å². The molecule has 1 atom stereocenters. The molecule has 121 valence electrons. The third-order valence-electron chi connectivity index (χ3n) is 4.30. The Morgan fingerprint density at radius 2 is 0.850 bits per heavy atom. The van der Waals surface area contributed by atoms with Crippen molar-refractivity contribution in [3.8, 4) is 0 Å². The Kier molecular flexibility index (Phi) is 17.1. The van der Waals surface area contributed by atoms with Gasteiger partial charge < -0.3 is 0 Å². The topological polar surface area (TPSA) is 0 Å². The van der Waals surface area contributed by atoms with Gasteiger partial charge in [-0.2, -0.15) is 0 Å². The lowest BCUT2D eigenvalue weighted by Gasteiger charge is -2.04. The summed E-state index contributed by atoms with van der Waals surface area (Å²) in [5, 5.41) is 0. The van der Waals surface area contributed by atoms with Crippen molar-refractivity contribution < 1.29 is 0 Å². The van der Waals surface area contributed by atoms with Gasteiger partial charge in [-0.25, -0.2) is 0 Å². The van der Waals surface area contributed by atoms with Gasteiger partial charge in [-0.3, -0.25) is 0 Å². The zero-order valence-electron chi connectivity index (χ0n) is 14.6. The minimum atomic E-state index is 0.650. The van der Waals surface area contributed by atoms with Gasteiger partial charge in [0.15, 0.2) is 0 Å². The molecule has 0 nitrogen and oxygen atoms in total. The summed E-state index contributed by atoms with van der Waals surface area (Å²) < 4.78 is 0. The maximum Gasteiger partial charge on any atom is -0.0443 e. The molecule has 0 aromatic rings. The molecule has 0 aliphatic rings. The number of hydrogen-bond acceptors (Lipinski definition) is 0. The predicted octanol–water partition coefficient (Wildman–Crippen LogP) is 7.72. The van der Waals surface area contributed by atoms with Gasteiger partial charge in [-0.05, 0) is 5.92 Å². The molecule has 0 rings (SSSR count). The first-order valence-electron chi connectivity index (χ1n) is 9.60. The molecular weight excluding hydrogens is 240 g/mol. The zero-order valence-corrected chi connectivity index (χ0v) is 14.6. The van der Waals surface area contributed by atoms with Crippen LogP contribution in [0.1, 0.15) is 117 Å². The average molecular weight is 282 g/mol. The molecule has 0 aliphatic carbocycles. The van der Waals surface area contributed by atoms with Crippen LogP contribution in [0.2, 0.25) is 0 Å². The molecule has 0 N–H and O–H groups in total. The molecule has 1 unspecified atom stereocenters. The van der Waals surface area contributed by atoms with E-state index in [1.54, 1.807) is 0 Å². The molecule has 0 heterocycles. The molecule has 0 aliphatic heterocycles. The van der Waals surface area contributed by atoms with Crippen LogP contribution in [0.4, 0.5) is 0 Å². The summed E-state index contributed by atoms with van der Waals surface area (Å²) in [6, 6.07) is 0. The third-order valence-corrected chi connectivity index (χ3v) is 4.30. The monoisotopic (exact) mass is 281 g/mol. The normalized spacial score (nSPS) is 11.4. The van der Waals surface area contributed by atoms with E-state index in [1.807, 2.05) is 0 Å². The Bertz CT molecular complexity index is 159. The lowest BCUT2D eigenvalue weighted by Crippen LogP contribution is -1.87. The van der Waals surface area contributed by atoms with Gasteiger partial charge in [-0.1, -0.05) is 124 Å². The van der Waals surface area contributed by atoms with E-state index in [4.69, 9.17) is 0 Å². The van der Waals surface area contributed by atoms with Crippen LogP contribution in [0.15, 0.2) is 0 Å². The van der Waals surface area contributed by atoms with Gasteiger partial charge >= 0.3 is 0 Å². The smallest absolute Gasteiger partial charge is 0.0443 e. The van der Waals surface area contributed by atoms with E-state index in [-0.39, 0.29) is 0 Å². The molecule has 0 heteroatoms. The summed E-state index contributed by atoms with van der Waals surface area (Å²) in [5.74, 6) is 0.650. The van der Waals surface area contributed by atoms with Crippen LogP contribution in [-0.4, -0.2) is 0 Å². The lowest BCUT2D eigenvalue weighted by atomic mass is 10.0. The van der Waals surface area contributed by atoms with Crippen molar-refractivity contribution in [1.29, 1.82) is 0 Å². The Morgan fingerprint density at radius 3 is 1.15 bits per heavy atom. The van der Waals surface area contributed by atoms with Gasteiger partial charge in [0.25, 0.3) is 0 Å². The molecule has 0 aromatic heterocycles. The molecular formula is C20H41. The number of rotatable bonds is 16. The lowest BCUT2D eigenvalue weighted by molar-refractivity contribution is 0.517. The number of hydrogen-bond donors (Lipinski definition) is 0. The van der Waals surface area contributed by atoms with Crippen LogP contribution in [-0.2, 0) is 0 Å². The molecule has 20 heavy (non-hydrogen) atoms. The van der Waals surface area contributed by atoms with Crippen molar-refractivity contribution in [2.75, 3.05) is 0 Å². The first-order valence-corrected chi connectivity index (χ1v) is 9.60. The molecule has 0 bridgehead atoms. The highest BCUT2D eigenvalue weighted by Gasteiger charge is 1.95. The highest BCUT2D eigenvalue weighted by Crippen LogP contribution is 2.14. The van der Waals surface area contributed by atoms with E-state index in [1.165, 1.54) is 103 Å². The van der Waals surface area contributed by atoms with E-state index < -0.39 is 0 Å². The van der Waals surface area contributed by atoms with Crippen molar-refractivity contribution in [2.24, 2.45) is 5.92 Å². The largest absolute Gasteiger partial charge is 0.0654 e. The Labute approximate surface area is 130 Å². The highest BCUT2D eigenvalue weighted by atomic mass is 14.0. The Balaban J connectivity index is 2.92. The van der Waals surface area contributed by atoms with Gasteiger partial charge in [-0.15, -0.1) is 0 Å². The Hall–Kier alpha value is 0. The van der Waals surface area contributed by atoms with Crippen LogP contribution in [0.3, 0.4) is 0 Å². The summed E-state index contributed by atoms with van der Waals surface area (Å²) in [5.41, 5.74) is 0. The van der Waals surface area contributed by atoms with E-state index >= 15 is 0 Å². The van der Waals surface area contributed by atoms with Crippen LogP contribution >= 0.6 is 0 Å². The molecule has 0 aromatic carbocycles. The minimum absolute atomic E-state index is 0.650. The first kappa shape index (κ1) is 20.0. The zero-order chi connectivity index (χ0) is 14.9. The van der Waals surface area contributed by atoms with Crippen LogP contribution in [0, 0.1) is 12.8 Å². The minimum Gasteiger partial charge on any atom is -0.0654 e. The van der Waals surface area contributed by atoms with Gasteiger partial charge in [0.2, 0.25) is 0 Å². The molecule has 0 spiro atoms. The molecule has 0 saturated heterocycles. The maximum atomic E-state index is 4.04. The summed E-state index contributed by atoms with van der Waals surface area (Å²) in [4.78, 5) is 0. The van der Waals surface area contributed by atoms with Crippen molar-refractivity contribution in [2.45, 2.75) is 117 Å².